The first-order valence-corrected chi connectivity index (χ1v) is 12.2. The Kier molecular flexibility index (Phi) is 5.89. The first kappa shape index (κ1) is 22.3. The maximum atomic E-state index is 12.8. The van der Waals surface area contributed by atoms with Crippen LogP contribution in [0.15, 0.2) is 90.5 Å². The number of nitrogens with zero attached hydrogens (tertiary/aromatic N) is 3. The summed E-state index contributed by atoms with van der Waals surface area (Å²) in [5.74, 6) is -0.654. The van der Waals surface area contributed by atoms with Gasteiger partial charge in [0.2, 0.25) is 0 Å². The van der Waals surface area contributed by atoms with Crippen molar-refractivity contribution in [1.29, 1.82) is 0 Å². The van der Waals surface area contributed by atoms with Crippen molar-refractivity contribution in [2.24, 2.45) is 0 Å². The standard InChI is InChI=1S/C27H23N3O2S2/c1-28-25(31)22(26(32)29(2)27(28)33)17-20-15-16-24(34-20)30(19-11-4-3-5-12-19)23-14-8-10-18-9-6-7-13-21(18)23/h3-17,27,33H,1-2H3. The van der Waals surface area contributed by atoms with Gasteiger partial charge >= 0.3 is 0 Å². The third-order valence-corrected chi connectivity index (χ3v) is 7.65. The smallest absolute Gasteiger partial charge is 0.261 e. The molecule has 1 saturated heterocycles. The molecule has 1 aliphatic rings. The van der Waals surface area contributed by atoms with E-state index in [2.05, 4.69) is 60.0 Å². The number of thiol groups is 1. The third-order valence-electron chi connectivity index (χ3n) is 5.94. The van der Waals surface area contributed by atoms with E-state index in [9.17, 15) is 9.59 Å². The topological polar surface area (TPSA) is 43.9 Å². The lowest BCUT2D eigenvalue weighted by atomic mass is 10.1. The first-order chi connectivity index (χ1) is 16.5. The average Bonchev–Trinajstić information content (AvgIpc) is 3.33. The Balaban J connectivity index is 1.60. The summed E-state index contributed by atoms with van der Waals surface area (Å²) in [5, 5.41) is 3.28. The molecule has 5 nitrogen and oxygen atoms in total. The number of hydrogen-bond acceptors (Lipinski definition) is 5. The van der Waals surface area contributed by atoms with Crippen LogP contribution in [0.3, 0.4) is 0 Å². The number of carbonyl (C=O) groups excluding carboxylic acids is 2. The zero-order valence-corrected chi connectivity index (χ0v) is 20.5. The van der Waals surface area contributed by atoms with Crippen molar-refractivity contribution in [3.05, 3.63) is 95.4 Å². The van der Waals surface area contributed by atoms with E-state index in [-0.39, 0.29) is 17.4 Å². The highest BCUT2D eigenvalue weighted by Gasteiger charge is 2.36. The van der Waals surface area contributed by atoms with Gasteiger partial charge in [-0.3, -0.25) is 9.59 Å². The highest BCUT2D eigenvalue weighted by Crippen LogP contribution is 2.42. The second-order valence-corrected chi connectivity index (χ2v) is 9.64. The number of thiophene rings is 1. The molecule has 0 N–H and O–H groups in total. The zero-order valence-electron chi connectivity index (χ0n) is 18.8. The van der Waals surface area contributed by atoms with Crippen molar-refractivity contribution in [3.63, 3.8) is 0 Å². The SMILES string of the molecule is CN1C(=O)C(=Cc2ccc(N(c3ccccc3)c3cccc4ccccc34)s2)C(=O)N(C)C1S. The quantitative estimate of drug-likeness (QED) is 0.222. The van der Waals surface area contributed by atoms with Crippen LogP contribution < -0.4 is 4.90 Å². The number of fused-ring (bicyclic) bond motifs is 1. The number of anilines is 3. The van der Waals surface area contributed by atoms with Crippen molar-refractivity contribution in [1.82, 2.24) is 9.80 Å². The third kappa shape index (κ3) is 3.87. The van der Waals surface area contributed by atoms with Gasteiger partial charge in [-0.1, -0.05) is 54.6 Å². The molecule has 0 aliphatic carbocycles. The van der Waals surface area contributed by atoms with Crippen LogP contribution in [0, 0.1) is 0 Å². The lowest BCUT2D eigenvalue weighted by Gasteiger charge is -2.37. The molecule has 2 amide bonds. The molecule has 2 heterocycles. The van der Waals surface area contributed by atoms with Crippen LogP contribution in [0.1, 0.15) is 4.88 Å². The summed E-state index contributed by atoms with van der Waals surface area (Å²) in [6.07, 6.45) is 1.68. The maximum Gasteiger partial charge on any atom is 0.261 e. The molecule has 0 radical (unpaired) electrons. The van der Waals surface area contributed by atoms with E-state index >= 15 is 0 Å². The predicted molar refractivity (Wildman–Crippen MR) is 143 cm³/mol. The number of carbonyl (C=O) groups is 2. The van der Waals surface area contributed by atoms with Crippen LogP contribution in [0.4, 0.5) is 16.4 Å². The Morgan fingerprint density at radius 3 is 2.21 bits per heavy atom. The minimum absolute atomic E-state index is 0.139. The molecule has 0 saturated carbocycles. The van der Waals surface area contributed by atoms with E-state index in [4.69, 9.17) is 0 Å². The fourth-order valence-electron chi connectivity index (χ4n) is 4.11. The minimum atomic E-state index is -0.573. The summed E-state index contributed by atoms with van der Waals surface area (Å²) >= 11 is 5.89. The van der Waals surface area contributed by atoms with Gasteiger partial charge in [0, 0.05) is 30.0 Å². The normalized spacial score (nSPS) is 16.3. The molecule has 5 rings (SSSR count). The molecule has 34 heavy (non-hydrogen) atoms. The fraction of sp³-hybridized carbons (Fsp3) is 0.111. The minimum Gasteiger partial charge on any atom is -0.312 e. The Hall–Kier alpha value is -3.55. The van der Waals surface area contributed by atoms with E-state index in [1.807, 2.05) is 42.5 Å². The van der Waals surface area contributed by atoms with E-state index in [1.165, 1.54) is 21.1 Å². The van der Waals surface area contributed by atoms with Crippen LogP contribution >= 0.6 is 24.0 Å². The average molecular weight is 486 g/mol. The zero-order chi connectivity index (χ0) is 23.8. The number of hydrogen-bond donors (Lipinski definition) is 1. The van der Waals surface area contributed by atoms with E-state index in [0.717, 1.165) is 32.0 Å². The molecule has 1 aromatic heterocycles. The van der Waals surface area contributed by atoms with E-state index < -0.39 is 5.50 Å². The lowest BCUT2D eigenvalue weighted by molar-refractivity contribution is -0.142. The van der Waals surface area contributed by atoms with Gasteiger partial charge in [0.15, 0.2) is 5.50 Å². The maximum absolute atomic E-state index is 12.8. The molecule has 170 valence electrons. The van der Waals surface area contributed by atoms with E-state index in [1.54, 1.807) is 20.2 Å². The molecule has 1 fully saturated rings. The Morgan fingerprint density at radius 1 is 0.824 bits per heavy atom. The molecular weight excluding hydrogens is 462 g/mol. The molecule has 0 spiro atoms. The molecule has 7 heteroatoms. The largest absolute Gasteiger partial charge is 0.312 e. The Labute approximate surface area is 207 Å². The van der Waals surface area contributed by atoms with Crippen LogP contribution in [-0.2, 0) is 9.59 Å². The number of amides is 2. The summed E-state index contributed by atoms with van der Waals surface area (Å²) in [5.41, 5.74) is 1.66. The second-order valence-electron chi connectivity index (χ2n) is 8.08. The van der Waals surface area contributed by atoms with Gasteiger partial charge in [-0.05, 0) is 41.8 Å². The van der Waals surface area contributed by atoms with Crippen molar-refractivity contribution in [3.8, 4) is 0 Å². The molecule has 0 unspecified atom stereocenters. The summed E-state index contributed by atoms with van der Waals surface area (Å²) in [6.45, 7) is 0. The van der Waals surface area contributed by atoms with Crippen LogP contribution in [0.2, 0.25) is 0 Å². The monoisotopic (exact) mass is 485 g/mol. The second kappa shape index (κ2) is 9.00. The van der Waals surface area contributed by atoms with Crippen molar-refractivity contribution >= 4 is 69.0 Å². The summed E-state index contributed by atoms with van der Waals surface area (Å²) < 4.78 is 0. The first-order valence-electron chi connectivity index (χ1n) is 10.8. The summed E-state index contributed by atoms with van der Waals surface area (Å²) in [6, 6.07) is 28.7. The number of para-hydroxylation sites is 1. The van der Waals surface area contributed by atoms with Gasteiger partial charge in [0.05, 0.1) is 5.69 Å². The Morgan fingerprint density at radius 2 is 1.47 bits per heavy atom. The van der Waals surface area contributed by atoms with Crippen molar-refractivity contribution in [2.75, 3.05) is 19.0 Å². The van der Waals surface area contributed by atoms with Crippen molar-refractivity contribution < 1.29 is 9.59 Å². The van der Waals surface area contributed by atoms with Crippen LogP contribution in [-0.4, -0.2) is 41.2 Å². The lowest BCUT2D eigenvalue weighted by Crippen LogP contribution is -2.54. The number of rotatable bonds is 4. The molecule has 3 aromatic carbocycles. The van der Waals surface area contributed by atoms with Crippen LogP contribution in [0.25, 0.3) is 16.8 Å². The van der Waals surface area contributed by atoms with Gasteiger partial charge in [-0.25, -0.2) is 0 Å². The van der Waals surface area contributed by atoms with Gasteiger partial charge < -0.3 is 14.7 Å². The fourth-order valence-corrected chi connectivity index (χ4v) is 5.31. The van der Waals surface area contributed by atoms with Gasteiger partial charge in [-0.15, -0.1) is 24.0 Å². The number of likely N-dealkylation sites (N-methyl/N-ethyl adjacent to an activating group) is 2. The molecular formula is C27H23N3O2S2. The predicted octanol–water partition coefficient (Wildman–Crippen LogP) is 5.90. The van der Waals surface area contributed by atoms with Gasteiger partial charge in [0.1, 0.15) is 10.6 Å². The highest BCUT2D eigenvalue weighted by atomic mass is 32.1. The highest BCUT2D eigenvalue weighted by molar-refractivity contribution is 7.80. The molecule has 4 aromatic rings. The summed E-state index contributed by atoms with van der Waals surface area (Å²) in [7, 11) is 3.29. The summed E-state index contributed by atoms with van der Waals surface area (Å²) in [4.78, 5) is 31.5. The Bertz CT molecular complexity index is 1380. The number of benzene rings is 3. The van der Waals surface area contributed by atoms with Crippen LogP contribution in [0.5, 0.6) is 0 Å². The van der Waals surface area contributed by atoms with Crippen molar-refractivity contribution in [2.45, 2.75) is 5.50 Å². The van der Waals surface area contributed by atoms with Gasteiger partial charge in [0.25, 0.3) is 11.8 Å². The molecule has 1 aliphatic heterocycles. The molecule has 0 bridgehead atoms. The van der Waals surface area contributed by atoms with Gasteiger partial charge in [-0.2, -0.15) is 0 Å². The molecule has 0 atom stereocenters. The van der Waals surface area contributed by atoms with E-state index in [0.29, 0.717) is 0 Å².